The summed E-state index contributed by atoms with van der Waals surface area (Å²) in [4.78, 5) is 0. The minimum Gasteiger partial charge on any atom is -0.497 e. The molecule has 0 spiro atoms. The number of rotatable bonds is 4. The number of nitrogens with zero attached hydrogens (tertiary/aromatic N) is 1. The second-order valence-electron chi connectivity index (χ2n) is 5.11. The fourth-order valence-corrected chi connectivity index (χ4v) is 3.11. The van der Waals surface area contributed by atoms with Gasteiger partial charge in [0.2, 0.25) is 0 Å². The highest BCUT2D eigenvalue weighted by molar-refractivity contribution is 9.10. The van der Waals surface area contributed by atoms with Gasteiger partial charge in [0.15, 0.2) is 0 Å². The largest absolute Gasteiger partial charge is 0.497 e. The van der Waals surface area contributed by atoms with Crippen LogP contribution in [0.1, 0.15) is 18.1 Å². The first-order valence-corrected chi connectivity index (χ1v) is 7.91. The van der Waals surface area contributed by atoms with Gasteiger partial charge in [-0.15, -0.1) is 0 Å². The molecule has 0 N–H and O–H groups in total. The molecule has 0 saturated carbocycles. The van der Waals surface area contributed by atoms with Crippen LogP contribution in [-0.4, -0.2) is 11.7 Å². The van der Waals surface area contributed by atoms with Crippen molar-refractivity contribution in [1.29, 1.82) is 0 Å². The van der Waals surface area contributed by atoms with Gasteiger partial charge in [-0.2, -0.15) is 0 Å². The lowest BCUT2D eigenvalue weighted by Gasteiger charge is -2.11. The van der Waals surface area contributed by atoms with Crippen molar-refractivity contribution in [3.8, 4) is 5.75 Å². The van der Waals surface area contributed by atoms with Gasteiger partial charge in [-0.05, 0) is 47.2 Å². The van der Waals surface area contributed by atoms with Gasteiger partial charge in [0.1, 0.15) is 5.75 Å². The smallest absolute Gasteiger partial charge is 0.119 e. The van der Waals surface area contributed by atoms with Crippen LogP contribution in [0.4, 0.5) is 0 Å². The first kappa shape index (κ1) is 14.2. The van der Waals surface area contributed by atoms with E-state index in [0.717, 1.165) is 23.2 Å². The molecule has 21 heavy (non-hydrogen) atoms. The number of benzene rings is 2. The van der Waals surface area contributed by atoms with Crippen molar-refractivity contribution in [3.05, 3.63) is 64.3 Å². The Hall–Kier alpha value is -1.74. The molecule has 0 unspecified atom stereocenters. The van der Waals surface area contributed by atoms with E-state index in [9.17, 15) is 0 Å². The van der Waals surface area contributed by atoms with E-state index < -0.39 is 0 Å². The summed E-state index contributed by atoms with van der Waals surface area (Å²) in [5, 5.41) is 1.30. The molecular formula is C18H18BrNO. The summed E-state index contributed by atoms with van der Waals surface area (Å²) in [5.74, 6) is 0.889. The molecule has 2 aromatic carbocycles. The van der Waals surface area contributed by atoms with Crippen molar-refractivity contribution in [3.63, 3.8) is 0 Å². The minimum absolute atomic E-state index is 0.832. The van der Waals surface area contributed by atoms with Gasteiger partial charge in [0.25, 0.3) is 0 Å². The van der Waals surface area contributed by atoms with E-state index in [-0.39, 0.29) is 0 Å². The lowest BCUT2D eigenvalue weighted by molar-refractivity contribution is 0.414. The second-order valence-corrected chi connectivity index (χ2v) is 5.96. The summed E-state index contributed by atoms with van der Waals surface area (Å²) in [6.07, 6.45) is 3.20. The van der Waals surface area contributed by atoms with Crippen molar-refractivity contribution in [2.45, 2.75) is 19.9 Å². The third-order valence-corrected chi connectivity index (χ3v) is 4.62. The summed E-state index contributed by atoms with van der Waals surface area (Å²) >= 11 is 3.64. The number of hydrogen-bond acceptors (Lipinski definition) is 1. The zero-order valence-electron chi connectivity index (χ0n) is 12.3. The Labute approximate surface area is 133 Å². The lowest BCUT2D eigenvalue weighted by Crippen LogP contribution is -2.01. The fraction of sp³-hybridized carbons (Fsp3) is 0.222. The van der Waals surface area contributed by atoms with E-state index in [0.29, 0.717) is 0 Å². The van der Waals surface area contributed by atoms with E-state index in [1.807, 2.05) is 12.1 Å². The van der Waals surface area contributed by atoms with Gasteiger partial charge in [-0.1, -0.05) is 41.1 Å². The maximum atomic E-state index is 5.33. The molecule has 2 nitrogen and oxygen atoms in total. The number of hydrogen-bond donors (Lipinski definition) is 0. The van der Waals surface area contributed by atoms with E-state index in [1.165, 1.54) is 22.0 Å². The Morgan fingerprint density at radius 2 is 1.95 bits per heavy atom. The first-order valence-electron chi connectivity index (χ1n) is 7.12. The van der Waals surface area contributed by atoms with Crippen molar-refractivity contribution >= 4 is 26.8 Å². The molecule has 0 fully saturated rings. The maximum absolute atomic E-state index is 5.33. The van der Waals surface area contributed by atoms with Crippen molar-refractivity contribution in [2.75, 3.05) is 7.11 Å². The average molecular weight is 344 g/mol. The molecule has 0 radical (unpaired) electrons. The third-order valence-electron chi connectivity index (χ3n) is 3.85. The Morgan fingerprint density at radius 1 is 1.10 bits per heavy atom. The second kappa shape index (κ2) is 5.94. The van der Waals surface area contributed by atoms with Gasteiger partial charge in [-0.25, -0.2) is 0 Å². The Bertz CT molecular complexity index is 776. The number of para-hydroxylation sites is 1. The maximum Gasteiger partial charge on any atom is 0.119 e. The summed E-state index contributed by atoms with van der Waals surface area (Å²) in [6.45, 7) is 3.03. The number of halogens is 1. The molecule has 0 aliphatic rings. The van der Waals surface area contributed by atoms with Gasteiger partial charge in [0, 0.05) is 17.2 Å². The molecular weight excluding hydrogens is 326 g/mol. The number of methoxy groups -OCH3 is 1. The highest BCUT2D eigenvalue weighted by Gasteiger charge is 2.08. The lowest BCUT2D eigenvalue weighted by atomic mass is 10.1. The predicted octanol–water partition coefficient (Wildman–Crippen LogP) is 5.02. The van der Waals surface area contributed by atoms with Crippen LogP contribution in [0.25, 0.3) is 10.9 Å². The molecule has 0 bridgehead atoms. The quantitative estimate of drug-likeness (QED) is 0.648. The van der Waals surface area contributed by atoms with Gasteiger partial charge in [-0.3, -0.25) is 0 Å². The monoisotopic (exact) mass is 343 g/mol. The summed E-state index contributed by atoms with van der Waals surface area (Å²) in [5.41, 5.74) is 3.93. The first-order chi connectivity index (χ1) is 10.2. The van der Waals surface area contributed by atoms with Crippen molar-refractivity contribution in [1.82, 2.24) is 4.57 Å². The van der Waals surface area contributed by atoms with Crippen LogP contribution < -0.4 is 4.74 Å². The summed E-state index contributed by atoms with van der Waals surface area (Å²) < 4.78 is 8.75. The van der Waals surface area contributed by atoms with Crippen LogP contribution in [0, 0.1) is 0 Å². The highest BCUT2D eigenvalue weighted by atomic mass is 79.9. The molecule has 108 valence electrons. The van der Waals surface area contributed by atoms with Gasteiger partial charge < -0.3 is 9.30 Å². The summed E-state index contributed by atoms with van der Waals surface area (Å²) in [7, 11) is 1.70. The normalized spacial score (nSPS) is 11.0. The van der Waals surface area contributed by atoms with E-state index in [2.05, 4.69) is 63.9 Å². The van der Waals surface area contributed by atoms with Crippen LogP contribution in [0.5, 0.6) is 5.75 Å². The Morgan fingerprint density at radius 3 is 2.71 bits per heavy atom. The SMILES string of the molecule is CCc1cccc2ccn(Cc3cc(OC)ccc3Br)c12. The molecule has 0 atom stereocenters. The number of ether oxygens (including phenoxy) is 1. The number of aryl methyl sites for hydroxylation is 1. The molecule has 3 heteroatoms. The van der Waals surface area contributed by atoms with E-state index >= 15 is 0 Å². The standard InChI is InChI=1S/C18H18BrNO/c1-3-13-5-4-6-14-9-10-20(18(13)14)12-15-11-16(21-2)7-8-17(15)19/h4-11H,3,12H2,1-2H3. The van der Waals surface area contributed by atoms with Crippen LogP contribution in [0.3, 0.4) is 0 Å². The van der Waals surface area contributed by atoms with E-state index in [1.54, 1.807) is 7.11 Å². The Balaban J connectivity index is 2.06. The number of fused-ring (bicyclic) bond motifs is 1. The molecule has 3 aromatic rings. The molecule has 0 amide bonds. The van der Waals surface area contributed by atoms with Crippen molar-refractivity contribution < 1.29 is 4.74 Å². The molecule has 1 aromatic heterocycles. The van der Waals surface area contributed by atoms with Crippen LogP contribution in [-0.2, 0) is 13.0 Å². The summed E-state index contributed by atoms with van der Waals surface area (Å²) in [6, 6.07) is 14.8. The van der Waals surface area contributed by atoms with Crippen molar-refractivity contribution in [2.24, 2.45) is 0 Å². The molecule has 3 rings (SSSR count). The topological polar surface area (TPSA) is 14.2 Å². The zero-order valence-corrected chi connectivity index (χ0v) is 13.9. The van der Waals surface area contributed by atoms with Crippen LogP contribution in [0.15, 0.2) is 53.1 Å². The fourth-order valence-electron chi connectivity index (χ4n) is 2.74. The van der Waals surface area contributed by atoms with Crippen LogP contribution in [0.2, 0.25) is 0 Å². The zero-order chi connectivity index (χ0) is 14.8. The van der Waals surface area contributed by atoms with Crippen LogP contribution >= 0.6 is 15.9 Å². The van der Waals surface area contributed by atoms with Gasteiger partial charge >= 0.3 is 0 Å². The van der Waals surface area contributed by atoms with E-state index in [4.69, 9.17) is 4.74 Å². The molecule has 0 aliphatic carbocycles. The number of aromatic nitrogens is 1. The predicted molar refractivity (Wildman–Crippen MR) is 91.1 cm³/mol. The highest BCUT2D eigenvalue weighted by Crippen LogP contribution is 2.26. The molecule has 0 saturated heterocycles. The molecule has 0 aliphatic heterocycles. The average Bonchev–Trinajstić information content (AvgIpc) is 2.92. The Kier molecular flexibility index (Phi) is 4.02. The van der Waals surface area contributed by atoms with Gasteiger partial charge in [0.05, 0.1) is 12.6 Å². The third kappa shape index (κ3) is 2.70. The molecule has 1 heterocycles. The minimum atomic E-state index is 0.832.